The normalized spacial score (nSPS) is 20.2. The molecule has 4 heteroatoms. The van der Waals surface area contributed by atoms with Gasteiger partial charge in [0.25, 0.3) is 0 Å². The summed E-state index contributed by atoms with van der Waals surface area (Å²) in [5.74, 6) is 0.700. The Balaban J connectivity index is 2.18. The van der Waals surface area contributed by atoms with E-state index in [-0.39, 0.29) is 12.1 Å². The van der Waals surface area contributed by atoms with Gasteiger partial charge in [0.1, 0.15) is 0 Å². The number of likely N-dealkylation sites (N-methyl/N-ethyl adjacent to an activating group) is 1. The molecule has 15 heavy (non-hydrogen) atoms. The molecular weight excluding hydrogens is 230 g/mol. The van der Waals surface area contributed by atoms with Crippen LogP contribution in [-0.4, -0.2) is 20.3 Å². The van der Waals surface area contributed by atoms with Crippen molar-refractivity contribution in [2.24, 2.45) is 5.92 Å². The van der Waals surface area contributed by atoms with Crippen LogP contribution in [0.2, 0.25) is 5.02 Å². The second kappa shape index (κ2) is 4.83. The van der Waals surface area contributed by atoms with Crippen LogP contribution in [0.1, 0.15) is 23.8 Å². The van der Waals surface area contributed by atoms with Crippen LogP contribution in [-0.2, 0) is 4.74 Å². The predicted octanol–water partition coefficient (Wildman–Crippen LogP) is 3.09. The molecule has 1 aliphatic rings. The molecule has 2 rings (SSSR count). The molecule has 0 saturated heterocycles. The van der Waals surface area contributed by atoms with Gasteiger partial charge in [0.05, 0.1) is 17.2 Å². The van der Waals surface area contributed by atoms with Gasteiger partial charge in [0.15, 0.2) is 0 Å². The molecule has 2 atom stereocenters. The second-order valence-corrected chi connectivity index (χ2v) is 5.29. The molecule has 2 unspecified atom stereocenters. The van der Waals surface area contributed by atoms with Crippen molar-refractivity contribution < 1.29 is 4.74 Å². The highest BCUT2D eigenvalue weighted by Crippen LogP contribution is 2.42. The number of rotatable bonds is 5. The van der Waals surface area contributed by atoms with Crippen LogP contribution in [0, 0.1) is 5.92 Å². The predicted molar refractivity (Wildman–Crippen MR) is 64.7 cm³/mol. The maximum atomic E-state index is 6.15. The maximum Gasteiger partial charge on any atom is 0.0802 e. The highest BCUT2D eigenvalue weighted by atomic mass is 35.5. The molecule has 0 spiro atoms. The molecule has 0 amide bonds. The lowest BCUT2D eigenvalue weighted by Gasteiger charge is -2.25. The van der Waals surface area contributed by atoms with Gasteiger partial charge < -0.3 is 10.1 Å². The fourth-order valence-corrected chi connectivity index (χ4v) is 3.32. The lowest BCUT2D eigenvalue weighted by Crippen LogP contribution is -2.32. The van der Waals surface area contributed by atoms with E-state index in [4.69, 9.17) is 16.3 Å². The Kier molecular flexibility index (Phi) is 3.67. The summed E-state index contributed by atoms with van der Waals surface area (Å²) in [6.07, 6.45) is 2.81. The second-order valence-electron chi connectivity index (χ2n) is 3.94. The third-order valence-corrected chi connectivity index (χ3v) is 4.37. The third-order valence-electron chi connectivity index (χ3n) is 2.93. The molecule has 1 saturated carbocycles. The van der Waals surface area contributed by atoms with Crippen LogP contribution in [0.15, 0.2) is 11.4 Å². The summed E-state index contributed by atoms with van der Waals surface area (Å²) in [5, 5.41) is 6.20. The molecule has 84 valence electrons. The van der Waals surface area contributed by atoms with E-state index in [2.05, 4.69) is 5.32 Å². The quantitative estimate of drug-likeness (QED) is 0.861. The van der Waals surface area contributed by atoms with Crippen molar-refractivity contribution in [1.29, 1.82) is 0 Å². The molecule has 1 aliphatic carbocycles. The van der Waals surface area contributed by atoms with Crippen molar-refractivity contribution in [3.63, 3.8) is 0 Å². The molecular formula is C11H16ClNOS. The smallest absolute Gasteiger partial charge is 0.0802 e. The van der Waals surface area contributed by atoms with E-state index in [1.807, 2.05) is 18.5 Å². The lowest BCUT2D eigenvalue weighted by molar-refractivity contribution is 0.0541. The van der Waals surface area contributed by atoms with E-state index in [0.29, 0.717) is 5.92 Å². The van der Waals surface area contributed by atoms with Crippen molar-refractivity contribution in [3.8, 4) is 0 Å². The molecule has 1 fully saturated rings. The zero-order chi connectivity index (χ0) is 10.8. The van der Waals surface area contributed by atoms with E-state index < -0.39 is 0 Å². The topological polar surface area (TPSA) is 21.3 Å². The van der Waals surface area contributed by atoms with Crippen LogP contribution in [0.5, 0.6) is 0 Å². The SMILES string of the molecule is CNC(c1sccc1Cl)C(OC)C1CC1. The van der Waals surface area contributed by atoms with Crippen molar-refractivity contribution in [3.05, 3.63) is 21.3 Å². The molecule has 2 nitrogen and oxygen atoms in total. The minimum Gasteiger partial charge on any atom is -0.379 e. The van der Waals surface area contributed by atoms with Gasteiger partial charge in [-0.2, -0.15) is 0 Å². The molecule has 0 radical (unpaired) electrons. The van der Waals surface area contributed by atoms with E-state index in [0.717, 1.165) is 5.02 Å². The number of thiophene rings is 1. The summed E-state index contributed by atoms with van der Waals surface area (Å²) in [4.78, 5) is 1.19. The minimum absolute atomic E-state index is 0.231. The number of ether oxygens (including phenoxy) is 1. The Bertz CT molecular complexity index is 324. The Morgan fingerprint density at radius 2 is 2.33 bits per heavy atom. The van der Waals surface area contributed by atoms with E-state index in [9.17, 15) is 0 Å². The Morgan fingerprint density at radius 1 is 1.60 bits per heavy atom. The van der Waals surface area contributed by atoms with E-state index >= 15 is 0 Å². The average Bonchev–Trinajstić information content (AvgIpc) is 2.99. The van der Waals surface area contributed by atoms with Gasteiger partial charge in [-0.3, -0.25) is 0 Å². The van der Waals surface area contributed by atoms with Crippen molar-refractivity contribution in [1.82, 2.24) is 5.32 Å². The number of hydrogen-bond acceptors (Lipinski definition) is 3. The number of methoxy groups -OCH3 is 1. The molecule has 1 heterocycles. The number of halogens is 1. The first-order valence-electron chi connectivity index (χ1n) is 5.21. The minimum atomic E-state index is 0.231. The summed E-state index contributed by atoms with van der Waals surface area (Å²) in [6.45, 7) is 0. The van der Waals surface area contributed by atoms with Gasteiger partial charge in [-0.1, -0.05) is 11.6 Å². The largest absolute Gasteiger partial charge is 0.379 e. The van der Waals surface area contributed by atoms with Crippen molar-refractivity contribution in [2.75, 3.05) is 14.2 Å². The Morgan fingerprint density at radius 3 is 2.73 bits per heavy atom. The number of hydrogen-bond donors (Lipinski definition) is 1. The lowest BCUT2D eigenvalue weighted by atomic mass is 10.1. The van der Waals surface area contributed by atoms with Crippen LogP contribution in [0.25, 0.3) is 0 Å². The van der Waals surface area contributed by atoms with Crippen molar-refractivity contribution >= 4 is 22.9 Å². The zero-order valence-corrected chi connectivity index (χ0v) is 10.6. The summed E-state index contributed by atoms with van der Waals surface area (Å²) in [7, 11) is 3.75. The Labute approximate surface area is 99.6 Å². The average molecular weight is 246 g/mol. The highest BCUT2D eigenvalue weighted by molar-refractivity contribution is 7.10. The summed E-state index contributed by atoms with van der Waals surface area (Å²) in [5.41, 5.74) is 0. The van der Waals surface area contributed by atoms with Gasteiger partial charge >= 0.3 is 0 Å². The van der Waals surface area contributed by atoms with Crippen LogP contribution in [0.3, 0.4) is 0 Å². The highest BCUT2D eigenvalue weighted by Gasteiger charge is 2.37. The Hall–Kier alpha value is -0.0900. The van der Waals surface area contributed by atoms with E-state index in [1.165, 1.54) is 17.7 Å². The van der Waals surface area contributed by atoms with Crippen molar-refractivity contribution in [2.45, 2.75) is 25.0 Å². The standard InChI is InChI=1S/C11H16ClNOS/c1-13-9(10(14-2)7-3-4-7)11-8(12)5-6-15-11/h5-7,9-10,13H,3-4H2,1-2H3. The van der Waals surface area contributed by atoms with Crippen LogP contribution >= 0.6 is 22.9 Å². The molecule has 0 aromatic carbocycles. The fraction of sp³-hybridized carbons (Fsp3) is 0.636. The van der Waals surface area contributed by atoms with E-state index in [1.54, 1.807) is 18.4 Å². The summed E-state index contributed by atoms with van der Waals surface area (Å²) >= 11 is 7.85. The first kappa shape index (κ1) is 11.4. The zero-order valence-electron chi connectivity index (χ0n) is 9.00. The molecule has 0 aliphatic heterocycles. The van der Waals surface area contributed by atoms with Gasteiger partial charge in [0.2, 0.25) is 0 Å². The molecule has 1 N–H and O–H groups in total. The third kappa shape index (κ3) is 2.36. The molecule has 1 aromatic rings. The first-order chi connectivity index (χ1) is 7.27. The molecule has 0 bridgehead atoms. The maximum absolute atomic E-state index is 6.15. The van der Waals surface area contributed by atoms with Crippen LogP contribution in [0.4, 0.5) is 0 Å². The molecule has 1 aromatic heterocycles. The van der Waals surface area contributed by atoms with Gasteiger partial charge in [-0.05, 0) is 37.3 Å². The fourth-order valence-electron chi connectivity index (χ4n) is 2.00. The van der Waals surface area contributed by atoms with Gasteiger partial charge in [0, 0.05) is 12.0 Å². The summed E-state index contributed by atoms with van der Waals surface area (Å²) < 4.78 is 5.59. The van der Waals surface area contributed by atoms with Gasteiger partial charge in [-0.15, -0.1) is 11.3 Å². The summed E-state index contributed by atoms with van der Waals surface area (Å²) in [6, 6.07) is 2.18. The van der Waals surface area contributed by atoms with Gasteiger partial charge in [-0.25, -0.2) is 0 Å². The first-order valence-corrected chi connectivity index (χ1v) is 6.46. The van der Waals surface area contributed by atoms with Crippen LogP contribution < -0.4 is 5.32 Å². The monoisotopic (exact) mass is 245 g/mol. The number of nitrogens with one attached hydrogen (secondary N) is 1.